The average molecular weight is 216 g/mol. The van der Waals surface area contributed by atoms with Gasteiger partial charge in [0, 0.05) is 16.7 Å². The molecule has 0 radical (unpaired) electrons. The molecule has 1 aromatic heterocycles. The van der Waals surface area contributed by atoms with Crippen molar-refractivity contribution in [3.8, 4) is 11.1 Å². The first kappa shape index (κ1) is 10.1. The largest absolute Gasteiger partial charge is 0.384 e. The van der Waals surface area contributed by atoms with E-state index in [2.05, 4.69) is 23.4 Å². The van der Waals surface area contributed by atoms with Gasteiger partial charge in [-0.2, -0.15) is 0 Å². The predicted molar refractivity (Wildman–Crippen MR) is 65.9 cm³/mol. The van der Waals surface area contributed by atoms with Gasteiger partial charge in [0.25, 0.3) is 0 Å². The molecule has 1 heterocycles. The van der Waals surface area contributed by atoms with E-state index in [1.54, 1.807) is 11.8 Å². The first-order valence-corrected chi connectivity index (χ1v) is 5.88. The molecule has 0 aliphatic carbocycles. The van der Waals surface area contributed by atoms with E-state index in [1.165, 1.54) is 10.5 Å². The number of thioether (sulfide) groups is 1. The summed E-state index contributed by atoms with van der Waals surface area (Å²) in [4.78, 5) is 5.35. The van der Waals surface area contributed by atoms with Crippen molar-refractivity contribution in [2.24, 2.45) is 0 Å². The highest BCUT2D eigenvalue weighted by atomic mass is 32.2. The summed E-state index contributed by atoms with van der Waals surface area (Å²) in [5, 5.41) is 0. The maximum atomic E-state index is 5.56. The van der Waals surface area contributed by atoms with Gasteiger partial charge in [-0.25, -0.2) is 4.98 Å². The van der Waals surface area contributed by atoms with Gasteiger partial charge in [-0.15, -0.1) is 11.8 Å². The number of pyridine rings is 1. The van der Waals surface area contributed by atoms with Crippen LogP contribution >= 0.6 is 11.8 Å². The summed E-state index contributed by atoms with van der Waals surface area (Å²) in [5.41, 5.74) is 7.87. The number of hydrogen-bond donors (Lipinski definition) is 1. The summed E-state index contributed by atoms with van der Waals surface area (Å²) < 4.78 is 0. The molecule has 15 heavy (non-hydrogen) atoms. The fraction of sp³-hybridized carbons (Fsp3) is 0.0833. The zero-order valence-electron chi connectivity index (χ0n) is 8.47. The second kappa shape index (κ2) is 4.36. The van der Waals surface area contributed by atoms with E-state index in [1.807, 2.05) is 30.5 Å². The maximum absolute atomic E-state index is 5.56. The monoisotopic (exact) mass is 216 g/mol. The van der Waals surface area contributed by atoms with Crippen LogP contribution in [0, 0.1) is 0 Å². The first-order chi connectivity index (χ1) is 7.31. The molecule has 0 fully saturated rings. The summed E-state index contributed by atoms with van der Waals surface area (Å²) in [6, 6.07) is 12.1. The molecule has 2 nitrogen and oxygen atoms in total. The minimum absolute atomic E-state index is 0.556. The summed E-state index contributed by atoms with van der Waals surface area (Å²) in [5.74, 6) is 0.556. The van der Waals surface area contributed by atoms with Crippen LogP contribution in [0.2, 0.25) is 0 Å². The Kier molecular flexibility index (Phi) is 2.92. The van der Waals surface area contributed by atoms with Crippen molar-refractivity contribution in [1.29, 1.82) is 0 Å². The fourth-order valence-corrected chi connectivity index (χ4v) is 2.07. The van der Waals surface area contributed by atoms with Gasteiger partial charge in [0.1, 0.15) is 5.82 Å². The highest BCUT2D eigenvalue weighted by molar-refractivity contribution is 7.98. The van der Waals surface area contributed by atoms with Crippen molar-refractivity contribution in [3.63, 3.8) is 0 Å². The molecule has 0 amide bonds. The minimum Gasteiger partial charge on any atom is -0.384 e. The molecule has 0 atom stereocenters. The highest BCUT2D eigenvalue weighted by Gasteiger charge is 2.03. The second-order valence-corrected chi connectivity index (χ2v) is 4.02. The van der Waals surface area contributed by atoms with Gasteiger partial charge in [-0.1, -0.05) is 18.2 Å². The van der Waals surface area contributed by atoms with Gasteiger partial charge in [0.2, 0.25) is 0 Å². The predicted octanol–water partition coefficient (Wildman–Crippen LogP) is 3.05. The van der Waals surface area contributed by atoms with Crippen LogP contribution in [0.5, 0.6) is 0 Å². The Bertz CT molecular complexity index is 451. The topological polar surface area (TPSA) is 38.9 Å². The van der Waals surface area contributed by atoms with Gasteiger partial charge < -0.3 is 5.73 Å². The lowest BCUT2D eigenvalue weighted by Gasteiger charge is -2.06. The number of rotatable bonds is 2. The molecular weight excluding hydrogens is 204 g/mol. The molecule has 2 aromatic rings. The number of benzene rings is 1. The molecule has 0 spiro atoms. The van der Waals surface area contributed by atoms with E-state index >= 15 is 0 Å². The fourth-order valence-electron chi connectivity index (χ4n) is 1.45. The molecule has 0 saturated heterocycles. The van der Waals surface area contributed by atoms with Gasteiger partial charge in [0.15, 0.2) is 0 Å². The van der Waals surface area contributed by atoms with Crippen LogP contribution in [-0.4, -0.2) is 11.2 Å². The Morgan fingerprint density at radius 3 is 2.60 bits per heavy atom. The van der Waals surface area contributed by atoms with E-state index < -0.39 is 0 Å². The van der Waals surface area contributed by atoms with Crippen molar-refractivity contribution in [2.45, 2.75) is 4.90 Å². The molecule has 76 valence electrons. The quantitative estimate of drug-likeness (QED) is 0.784. The van der Waals surface area contributed by atoms with Crippen molar-refractivity contribution in [2.75, 3.05) is 12.0 Å². The van der Waals surface area contributed by atoms with Crippen LogP contribution < -0.4 is 5.73 Å². The molecule has 0 aliphatic rings. The number of anilines is 1. The summed E-state index contributed by atoms with van der Waals surface area (Å²) in [6.45, 7) is 0. The number of hydrogen-bond acceptors (Lipinski definition) is 3. The number of aromatic nitrogens is 1. The summed E-state index contributed by atoms with van der Waals surface area (Å²) in [6.07, 6.45) is 3.88. The van der Waals surface area contributed by atoms with Crippen LogP contribution in [-0.2, 0) is 0 Å². The lowest BCUT2D eigenvalue weighted by Crippen LogP contribution is -1.89. The van der Waals surface area contributed by atoms with Crippen LogP contribution in [0.1, 0.15) is 0 Å². The van der Waals surface area contributed by atoms with E-state index in [-0.39, 0.29) is 0 Å². The third kappa shape index (κ3) is 2.13. The van der Waals surface area contributed by atoms with Crippen LogP contribution in [0.3, 0.4) is 0 Å². The zero-order valence-corrected chi connectivity index (χ0v) is 9.29. The highest BCUT2D eigenvalue weighted by Crippen LogP contribution is 2.29. The molecule has 3 heteroatoms. The lowest BCUT2D eigenvalue weighted by atomic mass is 10.1. The zero-order chi connectivity index (χ0) is 10.7. The van der Waals surface area contributed by atoms with Crippen LogP contribution in [0.25, 0.3) is 11.1 Å². The van der Waals surface area contributed by atoms with Crippen molar-refractivity contribution in [3.05, 3.63) is 42.6 Å². The Morgan fingerprint density at radius 2 is 1.93 bits per heavy atom. The summed E-state index contributed by atoms with van der Waals surface area (Å²) in [7, 11) is 0. The van der Waals surface area contributed by atoms with E-state index in [0.29, 0.717) is 5.82 Å². The van der Waals surface area contributed by atoms with Crippen molar-refractivity contribution >= 4 is 17.6 Å². The molecule has 0 unspecified atom stereocenters. The molecular formula is C12H12N2S. The molecule has 2 N–H and O–H groups in total. The smallest absolute Gasteiger partial charge is 0.123 e. The van der Waals surface area contributed by atoms with Crippen LogP contribution in [0.4, 0.5) is 5.82 Å². The summed E-state index contributed by atoms with van der Waals surface area (Å²) >= 11 is 1.74. The first-order valence-electron chi connectivity index (χ1n) is 4.66. The van der Waals surface area contributed by atoms with E-state index in [0.717, 1.165) is 5.56 Å². The Labute approximate surface area is 93.5 Å². The Morgan fingerprint density at radius 1 is 1.13 bits per heavy atom. The third-order valence-electron chi connectivity index (χ3n) is 2.20. The minimum atomic E-state index is 0.556. The van der Waals surface area contributed by atoms with Gasteiger partial charge in [0.05, 0.1) is 0 Å². The maximum Gasteiger partial charge on any atom is 0.123 e. The molecule has 0 saturated carbocycles. The van der Waals surface area contributed by atoms with Gasteiger partial charge in [-0.3, -0.25) is 0 Å². The van der Waals surface area contributed by atoms with Gasteiger partial charge in [-0.05, 0) is 30.0 Å². The SMILES string of the molecule is CSc1ccccc1-c1ccc(N)nc1. The Hall–Kier alpha value is -1.48. The number of nitrogens with two attached hydrogens (primary N) is 1. The molecule has 0 aliphatic heterocycles. The molecule has 1 aromatic carbocycles. The molecule has 2 rings (SSSR count). The normalized spacial score (nSPS) is 10.2. The van der Waals surface area contributed by atoms with Crippen LogP contribution in [0.15, 0.2) is 47.5 Å². The number of nitrogens with zero attached hydrogens (tertiary/aromatic N) is 1. The van der Waals surface area contributed by atoms with Gasteiger partial charge >= 0.3 is 0 Å². The lowest BCUT2D eigenvalue weighted by molar-refractivity contribution is 1.32. The average Bonchev–Trinajstić information content (AvgIpc) is 2.30. The standard InChI is InChI=1S/C12H12N2S/c1-15-11-5-3-2-4-10(11)9-6-7-12(13)14-8-9/h2-8H,1H3,(H2,13,14). The Balaban J connectivity index is 2.49. The molecule has 0 bridgehead atoms. The number of nitrogen functional groups attached to an aromatic ring is 1. The third-order valence-corrected chi connectivity index (χ3v) is 3.00. The second-order valence-electron chi connectivity index (χ2n) is 3.17. The van der Waals surface area contributed by atoms with Crippen molar-refractivity contribution < 1.29 is 0 Å². The van der Waals surface area contributed by atoms with E-state index in [4.69, 9.17) is 5.73 Å². The van der Waals surface area contributed by atoms with Crippen molar-refractivity contribution in [1.82, 2.24) is 4.98 Å². The van der Waals surface area contributed by atoms with E-state index in [9.17, 15) is 0 Å².